The average Bonchev–Trinajstić information content (AvgIpc) is 3.58. The Hall–Kier alpha value is -3.62. The van der Waals surface area contributed by atoms with Crippen molar-refractivity contribution in [2.45, 2.75) is 29.8 Å². The Balaban J connectivity index is 1.48. The van der Waals surface area contributed by atoms with Gasteiger partial charge in [-0.1, -0.05) is 66.4 Å². The fourth-order valence-electron chi connectivity index (χ4n) is 4.37. The van der Waals surface area contributed by atoms with Gasteiger partial charge >= 0.3 is 0 Å². The zero-order valence-corrected chi connectivity index (χ0v) is 21.0. The van der Waals surface area contributed by atoms with E-state index < -0.39 is 5.25 Å². The van der Waals surface area contributed by atoms with E-state index in [4.69, 9.17) is 4.74 Å². The lowest BCUT2D eigenvalue weighted by molar-refractivity contribution is -0.115. The third-order valence-electron chi connectivity index (χ3n) is 6.18. The number of ether oxygens (including phenoxy) is 1. The Bertz CT molecular complexity index is 1290. The van der Waals surface area contributed by atoms with Gasteiger partial charge in [0.05, 0.1) is 13.7 Å². The van der Waals surface area contributed by atoms with Gasteiger partial charge in [0, 0.05) is 17.4 Å². The van der Waals surface area contributed by atoms with Crippen LogP contribution in [0.5, 0.6) is 5.75 Å². The molecular formula is C28H29N5O2S. The maximum absolute atomic E-state index is 13.6. The highest BCUT2D eigenvalue weighted by Crippen LogP contribution is 2.37. The van der Waals surface area contributed by atoms with Gasteiger partial charge in [0.25, 0.3) is 0 Å². The second kappa shape index (κ2) is 11.4. The third kappa shape index (κ3) is 5.61. The number of methoxy groups -OCH3 is 1. The maximum Gasteiger partial charge on any atom is 0.242 e. The summed E-state index contributed by atoms with van der Waals surface area (Å²) in [4.78, 5) is 16.0. The first-order chi connectivity index (χ1) is 17.7. The van der Waals surface area contributed by atoms with Gasteiger partial charge in [-0.25, -0.2) is 0 Å². The van der Waals surface area contributed by atoms with E-state index in [0.717, 1.165) is 36.7 Å². The van der Waals surface area contributed by atoms with Crippen molar-refractivity contribution >= 4 is 23.4 Å². The highest BCUT2D eigenvalue weighted by Gasteiger charge is 2.27. The number of rotatable bonds is 9. The molecule has 5 rings (SSSR count). The standard InChI is InChI=1S/C28H29N5O2S/c1-35-24-16-10-13-22(19-24)29-27(34)26(21-11-4-2-5-12-21)36-28-31-30-25(20-32-17-8-9-18-32)33(28)23-14-6-3-7-15-23/h2-7,10-16,19,26H,8-9,17-18,20H2,1H3,(H,29,34)/t26-/m0/s1. The summed E-state index contributed by atoms with van der Waals surface area (Å²) in [6.07, 6.45) is 2.42. The molecule has 1 aromatic heterocycles. The second-order valence-electron chi connectivity index (χ2n) is 8.68. The SMILES string of the molecule is COc1cccc(NC(=O)[C@@H](Sc2nnc(CN3CCCC3)n2-c2ccccc2)c2ccccc2)c1. The van der Waals surface area contributed by atoms with Crippen LogP contribution in [0.4, 0.5) is 5.69 Å². The minimum atomic E-state index is -0.524. The van der Waals surface area contributed by atoms with Gasteiger partial charge in [-0.2, -0.15) is 0 Å². The van der Waals surface area contributed by atoms with Gasteiger partial charge in [0.1, 0.15) is 11.0 Å². The molecule has 184 valence electrons. The number of hydrogen-bond acceptors (Lipinski definition) is 6. The number of nitrogens with zero attached hydrogens (tertiary/aromatic N) is 4. The van der Waals surface area contributed by atoms with Gasteiger partial charge in [-0.3, -0.25) is 14.3 Å². The van der Waals surface area contributed by atoms with Crippen molar-refractivity contribution in [3.8, 4) is 11.4 Å². The lowest BCUT2D eigenvalue weighted by Gasteiger charge is -2.19. The largest absolute Gasteiger partial charge is 0.497 e. The van der Waals surface area contributed by atoms with E-state index in [2.05, 4.69) is 37.1 Å². The molecule has 0 spiro atoms. The number of amides is 1. The van der Waals surface area contributed by atoms with E-state index in [1.165, 1.54) is 24.6 Å². The molecule has 0 unspecified atom stereocenters. The fraction of sp³-hybridized carbons (Fsp3) is 0.250. The number of hydrogen-bond donors (Lipinski definition) is 1. The first kappa shape index (κ1) is 24.1. The van der Waals surface area contributed by atoms with Crippen LogP contribution >= 0.6 is 11.8 Å². The van der Waals surface area contributed by atoms with E-state index in [9.17, 15) is 4.79 Å². The molecule has 3 aromatic carbocycles. The zero-order chi connectivity index (χ0) is 24.7. The summed E-state index contributed by atoms with van der Waals surface area (Å²) in [5.74, 6) is 1.43. The number of likely N-dealkylation sites (tertiary alicyclic amines) is 1. The number of nitrogens with one attached hydrogen (secondary N) is 1. The Morgan fingerprint density at radius 1 is 0.972 bits per heavy atom. The fourth-order valence-corrected chi connectivity index (χ4v) is 5.45. The molecule has 0 radical (unpaired) electrons. The van der Waals surface area contributed by atoms with Crippen LogP contribution in [0.2, 0.25) is 0 Å². The average molecular weight is 500 g/mol. The molecule has 0 saturated carbocycles. The molecule has 2 heterocycles. The Kier molecular flexibility index (Phi) is 7.64. The molecule has 0 aliphatic carbocycles. The molecule has 1 aliphatic rings. The lowest BCUT2D eigenvalue weighted by atomic mass is 10.1. The molecule has 1 atom stereocenters. The summed E-state index contributed by atoms with van der Waals surface area (Å²) in [5, 5.41) is 12.4. The third-order valence-corrected chi connectivity index (χ3v) is 7.38. The van der Waals surface area contributed by atoms with Gasteiger partial charge in [0.15, 0.2) is 11.0 Å². The van der Waals surface area contributed by atoms with Crippen molar-refractivity contribution < 1.29 is 9.53 Å². The molecule has 1 fully saturated rings. The first-order valence-electron chi connectivity index (χ1n) is 12.1. The molecular weight excluding hydrogens is 470 g/mol. The summed E-state index contributed by atoms with van der Waals surface area (Å²) in [7, 11) is 1.61. The van der Waals surface area contributed by atoms with Crippen molar-refractivity contribution in [2.24, 2.45) is 0 Å². The minimum absolute atomic E-state index is 0.136. The van der Waals surface area contributed by atoms with E-state index in [1.54, 1.807) is 7.11 Å². The normalized spacial score (nSPS) is 14.5. The first-order valence-corrected chi connectivity index (χ1v) is 13.0. The second-order valence-corrected chi connectivity index (χ2v) is 9.76. The van der Waals surface area contributed by atoms with Crippen LogP contribution in [0, 0.1) is 0 Å². The molecule has 1 amide bonds. The van der Waals surface area contributed by atoms with Crippen LogP contribution in [-0.2, 0) is 11.3 Å². The van der Waals surface area contributed by atoms with Gasteiger partial charge in [-0.15, -0.1) is 10.2 Å². The van der Waals surface area contributed by atoms with E-state index in [1.807, 2.05) is 72.8 Å². The van der Waals surface area contributed by atoms with Crippen molar-refractivity contribution in [1.82, 2.24) is 19.7 Å². The summed E-state index contributed by atoms with van der Waals surface area (Å²) in [6, 6.07) is 27.3. The summed E-state index contributed by atoms with van der Waals surface area (Å²) in [6.45, 7) is 2.87. The van der Waals surface area contributed by atoms with E-state index in [-0.39, 0.29) is 5.91 Å². The number of anilines is 1. The van der Waals surface area contributed by atoms with Crippen molar-refractivity contribution in [3.05, 3.63) is 96.3 Å². The van der Waals surface area contributed by atoms with Crippen molar-refractivity contribution in [3.63, 3.8) is 0 Å². The minimum Gasteiger partial charge on any atom is -0.497 e. The van der Waals surface area contributed by atoms with Crippen LogP contribution in [0.25, 0.3) is 5.69 Å². The summed E-state index contributed by atoms with van der Waals surface area (Å²) < 4.78 is 7.40. The number of benzene rings is 3. The quantitative estimate of drug-likeness (QED) is 0.313. The highest BCUT2D eigenvalue weighted by molar-refractivity contribution is 8.00. The van der Waals surface area contributed by atoms with Crippen LogP contribution in [0.15, 0.2) is 90.1 Å². The number of para-hydroxylation sites is 1. The maximum atomic E-state index is 13.6. The molecule has 1 saturated heterocycles. The van der Waals surface area contributed by atoms with Crippen LogP contribution in [0.3, 0.4) is 0 Å². The van der Waals surface area contributed by atoms with Crippen LogP contribution in [-0.4, -0.2) is 45.8 Å². The topological polar surface area (TPSA) is 72.3 Å². The molecule has 7 nitrogen and oxygen atoms in total. The molecule has 1 aliphatic heterocycles. The molecule has 8 heteroatoms. The van der Waals surface area contributed by atoms with E-state index >= 15 is 0 Å². The number of carbonyl (C=O) groups is 1. The van der Waals surface area contributed by atoms with Gasteiger partial charge < -0.3 is 10.1 Å². The smallest absolute Gasteiger partial charge is 0.242 e. The lowest BCUT2D eigenvalue weighted by Crippen LogP contribution is -2.21. The van der Waals surface area contributed by atoms with Crippen LogP contribution in [0.1, 0.15) is 29.5 Å². The predicted molar refractivity (Wildman–Crippen MR) is 143 cm³/mol. The Morgan fingerprint density at radius 2 is 1.69 bits per heavy atom. The van der Waals surface area contributed by atoms with Crippen molar-refractivity contribution in [2.75, 3.05) is 25.5 Å². The molecule has 1 N–H and O–H groups in total. The van der Waals surface area contributed by atoms with E-state index in [0.29, 0.717) is 16.6 Å². The number of carbonyl (C=O) groups excluding carboxylic acids is 1. The summed E-state index contributed by atoms with van der Waals surface area (Å²) >= 11 is 1.41. The van der Waals surface area contributed by atoms with Crippen molar-refractivity contribution in [1.29, 1.82) is 0 Å². The molecule has 0 bridgehead atoms. The summed E-state index contributed by atoms with van der Waals surface area (Å²) in [5.41, 5.74) is 2.56. The van der Waals surface area contributed by atoms with Gasteiger partial charge in [0.2, 0.25) is 5.91 Å². The monoisotopic (exact) mass is 499 g/mol. The molecule has 36 heavy (non-hydrogen) atoms. The highest BCUT2D eigenvalue weighted by atomic mass is 32.2. The Labute approximate surface area is 215 Å². The number of thioether (sulfide) groups is 1. The Morgan fingerprint density at radius 3 is 2.42 bits per heavy atom. The van der Waals surface area contributed by atoms with Crippen LogP contribution < -0.4 is 10.1 Å². The predicted octanol–water partition coefficient (Wildman–Crippen LogP) is 5.34. The molecule has 4 aromatic rings. The number of aromatic nitrogens is 3. The zero-order valence-electron chi connectivity index (χ0n) is 20.2. The van der Waals surface area contributed by atoms with Gasteiger partial charge in [-0.05, 0) is 55.8 Å².